The van der Waals surface area contributed by atoms with E-state index in [0.717, 1.165) is 12.8 Å². The summed E-state index contributed by atoms with van der Waals surface area (Å²) in [6, 6.07) is 0. The van der Waals surface area contributed by atoms with Gasteiger partial charge in [-0.25, -0.2) is 0 Å². The minimum Gasteiger partial charge on any atom is -0.377 e. The highest BCUT2D eigenvalue weighted by molar-refractivity contribution is 5.75. The van der Waals surface area contributed by atoms with Crippen LogP contribution in [0.5, 0.6) is 0 Å². The van der Waals surface area contributed by atoms with Crippen molar-refractivity contribution >= 4 is 5.78 Å². The zero-order valence-electron chi connectivity index (χ0n) is 9.75. The maximum absolute atomic E-state index is 10.8. The number of carbonyl (C=O) groups excluding carboxylic acids is 1. The lowest BCUT2D eigenvalue weighted by Gasteiger charge is -2.09. The average Bonchev–Trinajstić information content (AvgIpc) is 2.10. The maximum atomic E-state index is 10.8. The van der Waals surface area contributed by atoms with Crippen LogP contribution in [0.3, 0.4) is 0 Å². The van der Waals surface area contributed by atoms with Crippen LogP contribution in [0.25, 0.3) is 0 Å². The van der Waals surface area contributed by atoms with Crippen LogP contribution in [0.15, 0.2) is 12.2 Å². The molecule has 0 aliphatic carbocycles. The SMILES string of the molecule is COC(C=CCC(C)C)CCC(C)=O. The molecule has 0 aromatic heterocycles. The number of Topliss-reactive ketones (excluding diaryl/α,β-unsaturated/α-hetero) is 1. The lowest BCUT2D eigenvalue weighted by atomic mass is 10.1. The second-order valence-electron chi connectivity index (χ2n) is 4.07. The molecule has 0 aromatic carbocycles. The van der Waals surface area contributed by atoms with E-state index in [1.54, 1.807) is 14.0 Å². The summed E-state index contributed by atoms with van der Waals surface area (Å²) in [5, 5.41) is 0. The topological polar surface area (TPSA) is 26.3 Å². The normalized spacial score (nSPS) is 13.8. The van der Waals surface area contributed by atoms with Crippen LogP contribution in [0.2, 0.25) is 0 Å². The number of methoxy groups -OCH3 is 1. The summed E-state index contributed by atoms with van der Waals surface area (Å²) in [6.45, 7) is 5.98. The second kappa shape index (κ2) is 7.74. The Hall–Kier alpha value is -0.630. The van der Waals surface area contributed by atoms with E-state index in [-0.39, 0.29) is 11.9 Å². The molecule has 0 aromatic rings. The number of hydrogen-bond donors (Lipinski definition) is 0. The Balaban J connectivity index is 3.77. The van der Waals surface area contributed by atoms with Gasteiger partial charge >= 0.3 is 0 Å². The summed E-state index contributed by atoms with van der Waals surface area (Å²) in [6.07, 6.45) is 6.75. The van der Waals surface area contributed by atoms with Gasteiger partial charge in [0, 0.05) is 13.5 Å². The van der Waals surface area contributed by atoms with Gasteiger partial charge in [0.1, 0.15) is 5.78 Å². The summed E-state index contributed by atoms with van der Waals surface area (Å²) >= 11 is 0. The molecule has 0 saturated heterocycles. The Morgan fingerprint density at radius 1 is 1.43 bits per heavy atom. The van der Waals surface area contributed by atoms with E-state index in [2.05, 4.69) is 26.0 Å². The number of ether oxygens (including phenoxy) is 1. The number of hydrogen-bond acceptors (Lipinski definition) is 2. The van der Waals surface area contributed by atoms with E-state index >= 15 is 0 Å². The molecule has 0 rings (SSSR count). The fourth-order valence-electron chi connectivity index (χ4n) is 1.14. The first-order valence-electron chi connectivity index (χ1n) is 5.25. The average molecular weight is 198 g/mol. The van der Waals surface area contributed by atoms with E-state index in [4.69, 9.17) is 4.74 Å². The molecule has 0 N–H and O–H groups in total. The highest BCUT2D eigenvalue weighted by atomic mass is 16.5. The molecule has 0 radical (unpaired) electrons. The Morgan fingerprint density at radius 2 is 2.07 bits per heavy atom. The van der Waals surface area contributed by atoms with Crippen molar-refractivity contribution in [2.45, 2.75) is 46.1 Å². The smallest absolute Gasteiger partial charge is 0.129 e. The zero-order valence-corrected chi connectivity index (χ0v) is 9.75. The number of allylic oxidation sites excluding steroid dienone is 1. The van der Waals surface area contributed by atoms with Gasteiger partial charge in [0.25, 0.3) is 0 Å². The van der Waals surface area contributed by atoms with Crippen molar-refractivity contribution in [2.75, 3.05) is 7.11 Å². The lowest BCUT2D eigenvalue weighted by Crippen LogP contribution is -2.08. The van der Waals surface area contributed by atoms with Gasteiger partial charge in [-0.05, 0) is 25.7 Å². The minimum atomic E-state index is 0.0950. The van der Waals surface area contributed by atoms with Crippen molar-refractivity contribution in [2.24, 2.45) is 5.92 Å². The molecule has 0 bridgehead atoms. The Morgan fingerprint density at radius 3 is 2.50 bits per heavy atom. The fourth-order valence-corrected chi connectivity index (χ4v) is 1.14. The van der Waals surface area contributed by atoms with Crippen molar-refractivity contribution in [1.82, 2.24) is 0 Å². The van der Waals surface area contributed by atoms with Gasteiger partial charge < -0.3 is 9.53 Å². The Bertz CT molecular complexity index is 183. The van der Waals surface area contributed by atoms with E-state index in [0.29, 0.717) is 12.3 Å². The summed E-state index contributed by atoms with van der Waals surface area (Å²) in [7, 11) is 1.69. The van der Waals surface area contributed by atoms with Crippen molar-refractivity contribution in [3.8, 4) is 0 Å². The Kier molecular flexibility index (Phi) is 7.40. The van der Waals surface area contributed by atoms with Gasteiger partial charge in [-0.1, -0.05) is 26.0 Å². The molecular formula is C12H22O2. The van der Waals surface area contributed by atoms with Crippen LogP contribution in [-0.4, -0.2) is 19.0 Å². The fraction of sp³-hybridized carbons (Fsp3) is 0.750. The van der Waals surface area contributed by atoms with Crippen molar-refractivity contribution in [3.05, 3.63) is 12.2 Å². The van der Waals surface area contributed by atoms with Crippen molar-refractivity contribution < 1.29 is 9.53 Å². The molecule has 1 unspecified atom stereocenters. The summed E-state index contributed by atoms with van der Waals surface area (Å²) in [5.74, 6) is 0.904. The van der Waals surface area contributed by atoms with Crippen molar-refractivity contribution in [3.63, 3.8) is 0 Å². The van der Waals surface area contributed by atoms with Crippen LogP contribution in [-0.2, 0) is 9.53 Å². The molecule has 0 aliphatic heterocycles. The highest BCUT2D eigenvalue weighted by Gasteiger charge is 2.04. The summed E-state index contributed by atoms with van der Waals surface area (Å²) < 4.78 is 5.24. The molecule has 0 aliphatic rings. The molecule has 0 spiro atoms. The number of ketones is 1. The quantitative estimate of drug-likeness (QED) is 0.588. The van der Waals surface area contributed by atoms with Gasteiger partial charge in [-0.2, -0.15) is 0 Å². The second-order valence-corrected chi connectivity index (χ2v) is 4.07. The monoisotopic (exact) mass is 198 g/mol. The molecule has 0 heterocycles. The summed E-state index contributed by atoms with van der Waals surface area (Å²) in [5.41, 5.74) is 0. The third kappa shape index (κ3) is 7.99. The first-order valence-corrected chi connectivity index (χ1v) is 5.25. The third-order valence-corrected chi connectivity index (χ3v) is 2.04. The van der Waals surface area contributed by atoms with Gasteiger partial charge in [-0.3, -0.25) is 0 Å². The van der Waals surface area contributed by atoms with Gasteiger partial charge in [0.05, 0.1) is 6.10 Å². The van der Waals surface area contributed by atoms with E-state index in [1.807, 2.05) is 0 Å². The zero-order chi connectivity index (χ0) is 11.0. The summed E-state index contributed by atoms with van der Waals surface area (Å²) in [4.78, 5) is 10.8. The lowest BCUT2D eigenvalue weighted by molar-refractivity contribution is -0.117. The number of rotatable bonds is 7. The van der Waals surface area contributed by atoms with E-state index in [9.17, 15) is 4.79 Å². The van der Waals surface area contributed by atoms with Crippen LogP contribution in [0.1, 0.15) is 40.0 Å². The van der Waals surface area contributed by atoms with Crippen LogP contribution >= 0.6 is 0 Å². The maximum Gasteiger partial charge on any atom is 0.129 e. The van der Waals surface area contributed by atoms with Crippen LogP contribution < -0.4 is 0 Å². The van der Waals surface area contributed by atoms with Crippen LogP contribution in [0, 0.1) is 5.92 Å². The van der Waals surface area contributed by atoms with Gasteiger partial charge in [-0.15, -0.1) is 0 Å². The van der Waals surface area contributed by atoms with Gasteiger partial charge in [0.15, 0.2) is 0 Å². The predicted molar refractivity (Wildman–Crippen MR) is 59.3 cm³/mol. The molecule has 1 atom stereocenters. The number of carbonyl (C=O) groups is 1. The first-order chi connectivity index (χ1) is 6.56. The first kappa shape index (κ1) is 13.4. The van der Waals surface area contributed by atoms with E-state index in [1.165, 1.54) is 0 Å². The predicted octanol–water partition coefficient (Wildman–Crippen LogP) is 2.97. The highest BCUT2D eigenvalue weighted by Crippen LogP contribution is 2.06. The van der Waals surface area contributed by atoms with Gasteiger partial charge in [0.2, 0.25) is 0 Å². The minimum absolute atomic E-state index is 0.0950. The van der Waals surface area contributed by atoms with E-state index < -0.39 is 0 Å². The molecule has 0 saturated carbocycles. The largest absolute Gasteiger partial charge is 0.377 e. The third-order valence-electron chi connectivity index (χ3n) is 2.04. The molecule has 2 nitrogen and oxygen atoms in total. The van der Waals surface area contributed by atoms with Crippen molar-refractivity contribution in [1.29, 1.82) is 0 Å². The Labute approximate surface area is 87.3 Å². The molecule has 0 fully saturated rings. The molecule has 0 amide bonds. The van der Waals surface area contributed by atoms with Crippen LogP contribution in [0.4, 0.5) is 0 Å². The molecule has 82 valence electrons. The molecule has 2 heteroatoms. The molecule has 14 heavy (non-hydrogen) atoms. The molecular weight excluding hydrogens is 176 g/mol. The standard InChI is InChI=1S/C12H22O2/c1-10(2)6-5-7-12(14-4)9-8-11(3)13/h5,7,10,12H,6,8-9H2,1-4H3.